The van der Waals surface area contributed by atoms with E-state index < -0.39 is 0 Å². The Morgan fingerprint density at radius 1 is 1.21 bits per heavy atom. The van der Waals surface area contributed by atoms with Gasteiger partial charge in [0.25, 0.3) is 0 Å². The van der Waals surface area contributed by atoms with Gasteiger partial charge < -0.3 is 20.9 Å². The number of piperazine rings is 1. The summed E-state index contributed by atoms with van der Waals surface area (Å²) in [5, 5.41) is 3.18. The largest absolute Gasteiger partial charge is 0.368 e. The number of benzene rings is 2. The van der Waals surface area contributed by atoms with Crippen LogP contribution in [0.4, 0.5) is 14.9 Å². The molecule has 1 aliphatic heterocycles. The highest BCUT2D eigenvalue weighted by molar-refractivity contribution is 5.75. The van der Waals surface area contributed by atoms with Gasteiger partial charge >= 0.3 is 6.03 Å². The molecule has 2 aromatic rings. The van der Waals surface area contributed by atoms with Gasteiger partial charge in [-0.1, -0.05) is 36.4 Å². The van der Waals surface area contributed by atoms with Gasteiger partial charge in [0.1, 0.15) is 5.82 Å². The van der Waals surface area contributed by atoms with Gasteiger partial charge in [0.15, 0.2) is 0 Å². The predicted molar refractivity (Wildman–Crippen MR) is 111 cm³/mol. The Kier molecular flexibility index (Phi) is 6.87. The van der Waals surface area contributed by atoms with Crippen molar-refractivity contribution in [2.75, 3.05) is 31.1 Å². The maximum absolute atomic E-state index is 13.5. The number of nitrogens with one attached hydrogen (secondary N) is 1. The lowest BCUT2D eigenvalue weighted by Crippen LogP contribution is -2.57. The number of rotatable bonds is 6. The van der Waals surface area contributed by atoms with Crippen LogP contribution in [0.1, 0.15) is 31.4 Å². The third kappa shape index (κ3) is 5.01. The molecule has 3 rings (SSSR count). The highest BCUT2D eigenvalue weighted by Crippen LogP contribution is 2.22. The highest BCUT2D eigenvalue weighted by atomic mass is 19.1. The topological polar surface area (TPSA) is 61.6 Å². The fraction of sp³-hybridized carbons (Fsp3) is 0.409. The first kappa shape index (κ1) is 20.1. The van der Waals surface area contributed by atoms with E-state index >= 15 is 0 Å². The van der Waals surface area contributed by atoms with Crippen molar-refractivity contribution in [2.24, 2.45) is 5.73 Å². The van der Waals surface area contributed by atoms with Gasteiger partial charge in [0, 0.05) is 31.4 Å². The minimum absolute atomic E-state index is 0.0305. The summed E-state index contributed by atoms with van der Waals surface area (Å²) in [6.45, 7) is 4.59. The molecule has 2 unspecified atom stereocenters. The van der Waals surface area contributed by atoms with Crippen LogP contribution in [0.15, 0.2) is 54.6 Å². The highest BCUT2D eigenvalue weighted by Gasteiger charge is 2.29. The van der Waals surface area contributed by atoms with Crippen molar-refractivity contribution in [3.8, 4) is 0 Å². The molecule has 1 heterocycles. The number of halogens is 1. The van der Waals surface area contributed by atoms with Crippen LogP contribution in [-0.2, 0) is 0 Å². The molecule has 2 aromatic carbocycles. The van der Waals surface area contributed by atoms with Gasteiger partial charge in [-0.15, -0.1) is 0 Å². The van der Waals surface area contributed by atoms with Crippen molar-refractivity contribution in [1.29, 1.82) is 0 Å². The molecule has 3 N–H and O–H groups in total. The van der Waals surface area contributed by atoms with Crippen molar-refractivity contribution in [2.45, 2.75) is 31.8 Å². The van der Waals surface area contributed by atoms with Gasteiger partial charge in [-0.25, -0.2) is 9.18 Å². The summed E-state index contributed by atoms with van der Waals surface area (Å²) in [6.07, 6.45) is 1.66. The molecule has 6 heteroatoms. The zero-order chi connectivity index (χ0) is 19.9. The summed E-state index contributed by atoms with van der Waals surface area (Å²) in [6, 6.07) is 16.5. The Morgan fingerprint density at radius 3 is 2.68 bits per heavy atom. The molecule has 1 fully saturated rings. The summed E-state index contributed by atoms with van der Waals surface area (Å²) in [5.74, 6) is -0.240. The smallest absolute Gasteiger partial charge is 0.318 e. The summed E-state index contributed by atoms with van der Waals surface area (Å²) >= 11 is 0. The summed E-state index contributed by atoms with van der Waals surface area (Å²) in [7, 11) is 0. The quantitative estimate of drug-likeness (QED) is 0.801. The van der Waals surface area contributed by atoms with E-state index in [1.165, 1.54) is 6.07 Å². The number of nitrogens with zero attached hydrogens (tertiary/aromatic N) is 2. The Labute approximate surface area is 166 Å². The van der Waals surface area contributed by atoms with E-state index in [0.29, 0.717) is 26.2 Å². The van der Waals surface area contributed by atoms with Crippen molar-refractivity contribution in [1.82, 2.24) is 10.2 Å². The normalized spacial score (nSPS) is 18.0. The molecule has 5 nitrogen and oxygen atoms in total. The molecule has 1 saturated heterocycles. The monoisotopic (exact) mass is 384 g/mol. The van der Waals surface area contributed by atoms with E-state index in [9.17, 15) is 9.18 Å². The van der Waals surface area contributed by atoms with Crippen LogP contribution < -0.4 is 16.0 Å². The number of hydrogen-bond donors (Lipinski definition) is 2. The average molecular weight is 384 g/mol. The van der Waals surface area contributed by atoms with E-state index in [1.807, 2.05) is 48.2 Å². The molecule has 2 atom stereocenters. The second-order valence-electron chi connectivity index (χ2n) is 7.31. The van der Waals surface area contributed by atoms with Crippen LogP contribution in [0.2, 0.25) is 0 Å². The molecule has 150 valence electrons. The molecule has 0 saturated carbocycles. The van der Waals surface area contributed by atoms with Crippen LogP contribution in [0.3, 0.4) is 0 Å². The third-order valence-corrected chi connectivity index (χ3v) is 5.26. The molecule has 0 aromatic heterocycles. The third-order valence-electron chi connectivity index (χ3n) is 5.26. The molecule has 28 heavy (non-hydrogen) atoms. The van der Waals surface area contributed by atoms with Crippen LogP contribution in [0.25, 0.3) is 0 Å². The van der Waals surface area contributed by atoms with E-state index in [2.05, 4.69) is 10.2 Å². The minimum atomic E-state index is -0.240. The summed E-state index contributed by atoms with van der Waals surface area (Å²) < 4.78 is 13.5. The van der Waals surface area contributed by atoms with Crippen LogP contribution in [0.5, 0.6) is 0 Å². The van der Waals surface area contributed by atoms with Crippen LogP contribution >= 0.6 is 0 Å². The Balaban J connectivity index is 1.63. The lowest BCUT2D eigenvalue weighted by atomic mass is 10.0. The van der Waals surface area contributed by atoms with Crippen LogP contribution in [0, 0.1) is 5.82 Å². The van der Waals surface area contributed by atoms with E-state index in [4.69, 9.17) is 5.73 Å². The first-order valence-corrected chi connectivity index (χ1v) is 9.91. The SMILES string of the molecule is CC1CN(c2cccc(F)c2)CCN1C(=O)NC(CCCN)c1ccccc1. The molecule has 0 radical (unpaired) electrons. The number of nitrogens with two attached hydrogens (primary N) is 1. The minimum Gasteiger partial charge on any atom is -0.368 e. The second-order valence-corrected chi connectivity index (χ2v) is 7.31. The fourth-order valence-electron chi connectivity index (χ4n) is 3.73. The number of carbonyl (C=O) groups is 1. The second kappa shape index (κ2) is 9.55. The standard InChI is InChI=1S/C22H29FN4O/c1-17-16-26(20-10-5-9-19(23)15-20)13-14-27(17)22(28)25-21(11-6-12-24)18-7-3-2-4-8-18/h2-5,7-10,15,17,21H,6,11-14,16,24H2,1H3,(H,25,28). The van der Waals surface area contributed by atoms with Gasteiger partial charge in [-0.05, 0) is 50.1 Å². The Morgan fingerprint density at radius 2 is 2.00 bits per heavy atom. The first-order chi connectivity index (χ1) is 13.6. The maximum atomic E-state index is 13.5. The lowest BCUT2D eigenvalue weighted by molar-refractivity contribution is 0.167. The van der Waals surface area contributed by atoms with Gasteiger partial charge in [0.2, 0.25) is 0 Å². The van der Waals surface area contributed by atoms with E-state index in [0.717, 1.165) is 24.1 Å². The molecule has 0 bridgehead atoms. The number of amides is 2. The first-order valence-electron chi connectivity index (χ1n) is 9.91. The van der Waals surface area contributed by atoms with Crippen molar-refractivity contribution in [3.05, 3.63) is 66.0 Å². The van der Waals surface area contributed by atoms with Crippen molar-refractivity contribution >= 4 is 11.7 Å². The van der Waals surface area contributed by atoms with Crippen molar-refractivity contribution < 1.29 is 9.18 Å². The maximum Gasteiger partial charge on any atom is 0.318 e. The fourth-order valence-corrected chi connectivity index (χ4v) is 3.73. The average Bonchev–Trinajstić information content (AvgIpc) is 2.71. The van der Waals surface area contributed by atoms with E-state index in [-0.39, 0.29) is 23.9 Å². The lowest BCUT2D eigenvalue weighted by Gasteiger charge is -2.41. The van der Waals surface area contributed by atoms with Crippen molar-refractivity contribution in [3.63, 3.8) is 0 Å². The number of urea groups is 1. The van der Waals surface area contributed by atoms with Gasteiger partial charge in [-0.2, -0.15) is 0 Å². The number of hydrogen-bond acceptors (Lipinski definition) is 3. The molecule has 2 amide bonds. The molecular formula is C22H29FN4O. The van der Waals surface area contributed by atoms with Gasteiger partial charge in [0.05, 0.1) is 6.04 Å². The number of anilines is 1. The number of carbonyl (C=O) groups excluding carboxylic acids is 1. The zero-order valence-electron chi connectivity index (χ0n) is 16.4. The van der Waals surface area contributed by atoms with Gasteiger partial charge in [-0.3, -0.25) is 0 Å². The Bertz CT molecular complexity index is 770. The van der Waals surface area contributed by atoms with E-state index in [1.54, 1.807) is 12.1 Å². The molecule has 0 aliphatic carbocycles. The molecule has 0 spiro atoms. The molecular weight excluding hydrogens is 355 g/mol. The zero-order valence-corrected chi connectivity index (χ0v) is 16.4. The summed E-state index contributed by atoms with van der Waals surface area (Å²) in [4.78, 5) is 17.0. The van der Waals surface area contributed by atoms with Crippen LogP contribution in [-0.4, -0.2) is 43.2 Å². The summed E-state index contributed by atoms with van der Waals surface area (Å²) in [5.41, 5.74) is 7.63. The predicted octanol–water partition coefficient (Wildman–Crippen LogP) is 3.53. The Hall–Kier alpha value is -2.60. The molecule has 1 aliphatic rings.